The van der Waals surface area contributed by atoms with E-state index in [1.165, 1.54) is 39.1 Å². The van der Waals surface area contributed by atoms with Crippen molar-refractivity contribution in [1.29, 1.82) is 0 Å². The first-order valence-corrected chi connectivity index (χ1v) is 12.7. The van der Waals surface area contributed by atoms with Crippen LogP contribution in [0.3, 0.4) is 0 Å². The minimum atomic E-state index is -4.12. The summed E-state index contributed by atoms with van der Waals surface area (Å²) >= 11 is 0. The van der Waals surface area contributed by atoms with Gasteiger partial charge in [0.1, 0.15) is 6.54 Å². The predicted molar refractivity (Wildman–Crippen MR) is 132 cm³/mol. The highest BCUT2D eigenvalue weighted by Gasteiger charge is 2.27. The molecule has 0 aliphatic carbocycles. The molecule has 36 heavy (non-hydrogen) atoms. The smallest absolute Gasteiger partial charge is 0.321 e. The van der Waals surface area contributed by atoms with Crippen LogP contribution >= 0.6 is 0 Å². The topological polar surface area (TPSA) is 137 Å². The SMILES string of the molecule is C=C(CCCOC(C)=O)C(=O)c1c(C)nc2ccc(S(=O)(=O)N(C)CC(=O)OCC)cc2c1C(C)=O. The fraction of sp³-hybridized carbons (Fsp3) is 0.400. The number of carbonyl (C=O) groups excluding carboxylic acids is 4. The van der Waals surface area contributed by atoms with Gasteiger partial charge in [0.25, 0.3) is 0 Å². The Balaban J connectivity index is 2.53. The van der Waals surface area contributed by atoms with Crippen molar-refractivity contribution in [2.24, 2.45) is 0 Å². The van der Waals surface area contributed by atoms with Crippen molar-refractivity contribution >= 4 is 44.4 Å². The van der Waals surface area contributed by atoms with Crippen LogP contribution in [-0.2, 0) is 29.1 Å². The third kappa shape index (κ3) is 6.61. The maximum absolute atomic E-state index is 13.3. The Morgan fingerprint density at radius 1 is 1.08 bits per heavy atom. The molecule has 0 spiro atoms. The highest BCUT2D eigenvalue weighted by Crippen LogP contribution is 2.29. The van der Waals surface area contributed by atoms with E-state index >= 15 is 0 Å². The third-order valence-corrected chi connectivity index (χ3v) is 7.13. The van der Waals surface area contributed by atoms with Crippen LogP contribution in [0, 0.1) is 6.92 Å². The number of likely N-dealkylation sites (N-methyl/N-ethyl adjacent to an activating group) is 1. The number of hydrogen-bond acceptors (Lipinski definition) is 9. The Hall–Kier alpha value is -3.44. The fourth-order valence-electron chi connectivity index (χ4n) is 3.61. The lowest BCUT2D eigenvalue weighted by Gasteiger charge is -2.18. The molecule has 0 aliphatic rings. The number of esters is 2. The van der Waals surface area contributed by atoms with E-state index in [1.807, 2.05) is 0 Å². The summed E-state index contributed by atoms with van der Waals surface area (Å²) in [4.78, 5) is 52.9. The van der Waals surface area contributed by atoms with Crippen molar-refractivity contribution in [3.8, 4) is 0 Å². The zero-order valence-corrected chi connectivity index (χ0v) is 21.9. The largest absolute Gasteiger partial charge is 0.466 e. The molecule has 0 N–H and O–H groups in total. The fourth-order valence-corrected chi connectivity index (χ4v) is 4.76. The number of fused-ring (bicyclic) bond motifs is 1. The number of aryl methyl sites for hydroxylation is 1. The van der Waals surface area contributed by atoms with E-state index in [0.717, 1.165) is 4.31 Å². The van der Waals surface area contributed by atoms with Crippen LogP contribution in [0.15, 0.2) is 35.2 Å². The van der Waals surface area contributed by atoms with Crippen LogP contribution in [0.5, 0.6) is 0 Å². The van der Waals surface area contributed by atoms with Gasteiger partial charge in [0.05, 0.1) is 29.2 Å². The van der Waals surface area contributed by atoms with Crippen LogP contribution in [0.2, 0.25) is 0 Å². The molecule has 0 radical (unpaired) electrons. The summed E-state index contributed by atoms with van der Waals surface area (Å²) in [7, 11) is -2.88. The second-order valence-corrected chi connectivity index (χ2v) is 10.2. The zero-order chi connectivity index (χ0) is 27.2. The van der Waals surface area contributed by atoms with E-state index in [1.54, 1.807) is 13.8 Å². The first-order chi connectivity index (χ1) is 16.8. The monoisotopic (exact) mass is 518 g/mol. The number of rotatable bonds is 12. The number of Topliss-reactive ketones (excluding diaryl/α,β-unsaturated/α-hetero) is 2. The normalized spacial score (nSPS) is 11.4. The van der Waals surface area contributed by atoms with Crippen molar-refractivity contribution in [3.63, 3.8) is 0 Å². The van der Waals surface area contributed by atoms with Gasteiger partial charge in [-0.1, -0.05) is 6.58 Å². The molecular weight excluding hydrogens is 488 g/mol. The summed E-state index contributed by atoms with van der Waals surface area (Å²) in [6.45, 7) is 9.32. The van der Waals surface area contributed by atoms with Gasteiger partial charge in [0, 0.05) is 30.6 Å². The molecule has 11 heteroatoms. The standard InChI is InChI=1S/C25H30N2O8S/c1-7-34-22(30)14-27(6)36(32,33)19-10-11-21-20(13-19)24(17(4)28)23(16(3)26-21)25(31)15(2)9-8-12-35-18(5)29/h10-11,13H,2,7-9,12,14H2,1,3-6H3. The maximum atomic E-state index is 13.3. The Kier molecular flexibility index (Phi) is 9.60. The lowest BCUT2D eigenvalue weighted by atomic mass is 9.91. The third-order valence-electron chi connectivity index (χ3n) is 5.33. The molecule has 2 rings (SSSR count). The number of ether oxygens (including phenoxy) is 2. The molecule has 1 aromatic carbocycles. The summed E-state index contributed by atoms with van der Waals surface area (Å²) in [5.41, 5.74) is 0.915. The minimum Gasteiger partial charge on any atom is -0.466 e. The van der Waals surface area contributed by atoms with Gasteiger partial charge in [0.15, 0.2) is 11.6 Å². The summed E-state index contributed by atoms with van der Waals surface area (Å²) in [5, 5.41) is 0.190. The average molecular weight is 519 g/mol. The minimum absolute atomic E-state index is 0.0359. The van der Waals surface area contributed by atoms with E-state index in [2.05, 4.69) is 11.6 Å². The lowest BCUT2D eigenvalue weighted by molar-refractivity contribution is -0.143. The second kappa shape index (κ2) is 12.0. The van der Waals surface area contributed by atoms with Gasteiger partial charge in [-0.3, -0.25) is 24.2 Å². The molecule has 0 atom stereocenters. The second-order valence-electron chi connectivity index (χ2n) is 8.12. The molecule has 0 fully saturated rings. The summed E-state index contributed by atoms with van der Waals surface area (Å²) in [6, 6.07) is 4.04. The molecule has 0 aliphatic heterocycles. The van der Waals surface area contributed by atoms with Gasteiger partial charge in [0.2, 0.25) is 10.0 Å². The Labute approximate surface area is 210 Å². The number of pyridine rings is 1. The summed E-state index contributed by atoms with van der Waals surface area (Å²) in [6.07, 6.45) is 0.600. The Bertz CT molecular complexity index is 1330. The molecule has 2 aromatic rings. The molecule has 0 amide bonds. The lowest BCUT2D eigenvalue weighted by Crippen LogP contribution is -2.33. The number of carbonyl (C=O) groups is 4. The van der Waals surface area contributed by atoms with E-state index in [4.69, 9.17) is 9.47 Å². The molecule has 1 heterocycles. The number of ketones is 2. The highest BCUT2D eigenvalue weighted by molar-refractivity contribution is 7.89. The molecular formula is C25H30N2O8S. The zero-order valence-electron chi connectivity index (χ0n) is 21.0. The van der Waals surface area contributed by atoms with Crippen LogP contribution in [0.4, 0.5) is 0 Å². The predicted octanol–water partition coefficient (Wildman–Crippen LogP) is 3.01. The maximum Gasteiger partial charge on any atom is 0.321 e. The van der Waals surface area contributed by atoms with Crippen LogP contribution in [0.25, 0.3) is 10.9 Å². The number of aromatic nitrogens is 1. The number of sulfonamides is 1. The number of hydrogen-bond donors (Lipinski definition) is 0. The molecule has 0 saturated carbocycles. The quantitative estimate of drug-likeness (QED) is 0.180. The van der Waals surface area contributed by atoms with E-state index in [0.29, 0.717) is 17.6 Å². The molecule has 194 valence electrons. The van der Waals surface area contributed by atoms with Crippen molar-refractivity contribution in [2.45, 2.75) is 45.4 Å². The van der Waals surface area contributed by atoms with Crippen molar-refractivity contribution in [2.75, 3.05) is 26.8 Å². The Morgan fingerprint density at radius 2 is 1.75 bits per heavy atom. The number of allylic oxidation sites excluding steroid dienone is 1. The molecule has 1 aromatic heterocycles. The van der Waals surface area contributed by atoms with Crippen molar-refractivity contribution in [3.05, 3.63) is 47.2 Å². The van der Waals surface area contributed by atoms with Gasteiger partial charge in [-0.25, -0.2) is 8.42 Å². The summed E-state index contributed by atoms with van der Waals surface area (Å²) in [5.74, 6) is -2.08. The van der Waals surface area contributed by atoms with Gasteiger partial charge in [-0.15, -0.1) is 0 Å². The Morgan fingerprint density at radius 3 is 2.33 bits per heavy atom. The highest BCUT2D eigenvalue weighted by atomic mass is 32.2. The molecule has 10 nitrogen and oxygen atoms in total. The number of benzene rings is 1. The molecule has 0 saturated heterocycles. The van der Waals surface area contributed by atoms with Crippen LogP contribution in [0.1, 0.15) is 60.0 Å². The van der Waals surface area contributed by atoms with Crippen molar-refractivity contribution in [1.82, 2.24) is 9.29 Å². The van der Waals surface area contributed by atoms with Crippen molar-refractivity contribution < 1.29 is 37.1 Å². The summed E-state index contributed by atoms with van der Waals surface area (Å²) < 4.78 is 36.7. The van der Waals surface area contributed by atoms with E-state index in [-0.39, 0.29) is 46.6 Å². The van der Waals surface area contributed by atoms with Crippen LogP contribution in [-0.4, -0.2) is 68.0 Å². The number of nitrogens with zero attached hydrogens (tertiary/aromatic N) is 2. The van der Waals surface area contributed by atoms with E-state index in [9.17, 15) is 27.6 Å². The van der Waals surface area contributed by atoms with Crippen LogP contribution < -0.4 is 0 Å². The molecule has 0 bridgehead atoms. The van der Waals surface area contributed by atoms with Gasteiger partial charge in [-0.2, -0.15) is 4.31 Å². The first kappa shape index (κ1) is 28.8. The van der Waals surface area contributed by atoms with Gasteiger partial charge >= 0.3 is 11.9 Å². The first-order valence-electron chi connectivity index (χ1n) is 11.2. The molecule has 0 unspecified atom stereocenters. The van der Waals surface area contributed by atoms with E-state index < -0.39 is 40.1 Å². The van der Waals surface area contributed by atoms with Gasteiger partial charge < -0.3 is 9.47 Å². The van der Waals surface area contributed by atoms with Gasteiger partial charge in [-0.05, 0) is 57.4 Å². The average Bonchev–Trinajstić information content (AvgIpc) is 2.79.